The van der Waals surface area contributed by atoms with Crippen molar-refractivity contribution in [3.05, 3.63) is 88.4 Å². The highest BCUT2D eigenvalue weighted by Crippen LogP contribution is 2.48. The number of carbonyl (C=O) groups is 2. The van der Waals surface area contributed by atoms with Gasteiger partial charge in [0, 0.05) is 5.39 Å². The summed E-state index contributed by atoms with van der Waals surface area (Å²) in [4.78, 5) is 33.9. The van der Waals surface area contributed by atoms with Crippen LogP contribution in [0.1, 0.15) is 33.3 Å². The number of fused-ring (bicyclic) bond motifs is 2. The molecule has 5 aromatic rings. The second kappa shape index (κ2) is 9.97. The number of aryl methyl sites for hydroxylation is 2. The molecule has 0 spiro atoms. The fourth-order valence-corrected chi connectivity index (χ4v) is 6.47. The van der Waals surface area contributed by atoms with Crippen molar-refractivity contribution in [2.75, 3.05) is 26.2 Å². The van der Waals surface area contributed by atoms with Crippen molar-refractivity contribution in [3.63, 3.8) is 0 Å². The molecule has 10 heteroatoms. The number of aliphatic hydroxyl groups excluding tert-OH is 1. The smallest absolute Gasteiger partial charge is 0.296 e. The van der Waals surface area contributed by atoms with Gasteiger partial charge in [-0.15, -0.1) is 0 Å². The molecule has 6 rings (SSSR count). The summed E-state index contributed by atoms with van der Waals surface area (Å²) in [6.45, 7) is 3.94. The standard InChI is InChI=1S/C31H26N2O7S/c1-15-10-16(2)25-23(11-15)41-31(32-25)33-26(18-13-21(37-3)29(39-5)22(14-18)38-4)24(28(35)30(33)36)27(34)20-12-17-8-6-7-9-19(17)40-20/h6-14,26,35H,1-5H3. The van der Waals surface area contributed by atoms with Gasteiger partial charge < -0.3 is 23.7 Å². The molecule has 1 aliphatic heterocycles. The third kappa shape index (κ3) is 4.18. The number of anilines is 1. The van der Waals surface area contributed by atoms with Gasteiger partial charge in [-0.3, -0.25) is 14.5 Å². The lowest BCUT2D eigenvalue weighted by Gasteiger charge is -2.25. The van der Waals surface area contributed by atoms with Crippen molar-refractivity contribution in [1.29, 1.82) is 0 Å². The van der Waals surface area contributed by atoms with Gasteiger partial charge in [-0.1, -0.05) is 35.6 Å². The van der Waals surface area contributed by atoms with Gasteiger partial charge in [0.05, 0.1) is 43.2 Å². The van der Waals surface area contributed by atoms with Gasteiger partial charge in [-0.2, -0.15) is 0 Å². The second-order valence-electron chi connectivity index (χ2n) is 9.70. The summed E-state index contributed by atoms with van der Waals surface area (Å²) in [5.74, 6) is -1.06. The van der Waals surface area contributed by atoms with E-state index in [2.05, 4.69) is 0 Å². The number of ether oxygens (including phenoxy) is 3. The van der Waals surface area contributed by atoms with Gasteiger partial charge >= 0.3 is 0 Å². The minimum Gasteiger partial charge on any atom is -0.503 e. The van der Waals surface area contributed by atoms with E-state index in [9.17, 15) is 14.7 Å². The van der Waals surface area contributed by atoms with Crippen molar-refractivity contribution >= 4 is 49.3 Å². The first kappa shape index (κ1) is 26.4. The van der Waals surface area contributed by atoms with E-state index >= 15 is 0 Å². The summed E-state index contributed by atoms with van der Waals surface area (Å²) in [6.07, 6.45) is 0. The molecule has 1 amide bonds. The zero-order valence-corrected chi connectivity index (χ0v) is 23.8. The van der Waals surface area contributed by atoms with Crippen LogP contribution in [0, 0.1) is 13.8 Å². The lowest BCUT2D eigenvalue weighted by Crippen LogP contribution is -2.31. The molecule has 2 aromatic heterocycles. The molecule has 1 aliphatic rings. The SMILES string of the molecule is COc1cc(C2C(C(=O)c3cc4ccccc4o3)=C(O)C(=O)N2c2nc3c(C)cc(C)cc3s2)cc(OC)c1OC. The monoisotopic (exact) mass is 570 g/mol. The minimum absolute atomic E-state index is 0.00406. The van der Waals surface area contributed by atoms with E-state index in [1.54, 1.807) is 30.3 Å². The molecule has 0 radical (unpaired) electrons. The van der Waals surface area contributed by atoms with Crippen LogP contribution < -0.4 is 19.1 Å². The van der Waals surface area contributed by atoms with E-state index in [0.29, 0.717) is 33.5 Å². The van der Waals surface area contributed by atoms with Crippen molar-refractivity contribution in [3.8, 4) is 17.2 Å². The molecule has 1 unspecified atom stereocenters. The Morgan fingerprint density at radius 1 is 1.00 bits per heavy atom. The number of Topliss-reactive ketones (excluding diaryl/α,β-unsaturated/α-hetero) is 1. The molecular formula is C31H26N2O7S. The fraction of sp³-hybridized carbons (Fsp3) is 0.194. The van der Waals surface area contributed by atoms with Crippen molar-refractivity contribution in [2.45, 2.75) is 19.9 Å². The molecule has 0 fully saturated rings. The molecule has 208 valence electrons. The number of para-hydroxylation sites is 1. The van der Waals surface area contributed by atoms with Crippen LogP contribution in [-0.2, 0) is 4.79 Å². The molecule has 1 atom stereocenters. The number of rotatable bonds is 7. The topological polar surface area (TPSA) is 111 Å². The first-order valence-electron chi connectivity index (χ1n) is 12.7. The highest BCUT2D eigenvalue weighted by molar-refractivity contribution is 7.22. The summed E-state index contributed by atoms with van der Waals surface area (Å²) in [7, 11) is 4.44. The van der Waals surface area contributed by atoms with Crippen molar-refractivity contribution in [1.82, 2.24) is 4.98 Å². The molecule has 0 bridgehead atoms. The Kier molecular flexibility index (Phi) is 6.42. The van der Waals surface area contributed by atoms with Crippen molar-refractivity contribution in [2.24, 2.45) is 0 Å². The van der Waals surface area contributed by atoms with Gasteiger partial charge in [0.1, 0.15) is 5.58 Å². The number of aliphatic hydroxyl groups is 1. The number of methoxy groups -OCH3 is 3. The number of furan rings is 1. The van der Waals surface area contributed by atoms with Gasteiger partial charge in [-0.25, -0.2) is 4.98 Å². The maximum atomic E-state index is 14.0. The normalized spacial score (nSPS) is 15.3. The maximum absolute atomic E-state index is 14.0. The number of nitrogens with zero attached hydrogens (tertiary/aromatic N) is 2. The number of hydrogen-bond acceptors (Lipinski definition) is 9. The zero-order valence-electron chi connectivity index (χ0n) is 23.0. The third-order valence-corrected chi connectivity index (χ3v) is 8.13. The number of hydrogen-bond donors (Lipinski definition) is 1. The van der Waals surface area contributed by atoms with Crippen LogP contribution in [0.15, 0.2) is 70.3 Å². The Bertz CT molecular complexity index is 1840. The number of amides is 1. The first-order chi connectivity index (χ1) is 19.7. The number of benzene rings is 3. The first-order valence-corrected chi connectivity index (χ1v) is 13.5. The Hall–Kier alpha value is -4.83. The average Bonchev–Trinajstić information content (AvgIpc) is 3.66. The molecule has 41 heavy (non-hydrogen) atoms. The lowest BCUT2D eigenvalue weighted by atomic mass is 9.94. The molecule has 1 N–H and O–H groups in total. The minimum atomic E-state index is -1.07. The van der Waals surface area contributed by atoms with Gasteiger partial charge in [0.2, 0.25) is 11.5 Å². The van der Waals surface area contributed by atoms with E-state index in [0.717, 1.165) is 26.7 Å². The molecular weight excluding hydrogens is 544 g/mol. The fourth-order valence-electron chi connectivity index (χ4n) is 5.30. The quantitative estimate of drug-likeness (QED) is 0.222. The number of thiazole rings is 1. The van der Waals surface area contributed by atoms with Crippen molar-refractivity contribution < 1.29 is 33.3 Å². The summed E-state index contributed by atoms with van der Waals surface area (Å²) in [5.41, 5.74) is 3.57. The summed E-state index contributed by atoms with van der Waals surface area (Å²) in [6, 6.07) is 15.0. The van der Waals surface area contributed by atoms with Crippen LogP contribution in [0.3, 0.4) is 0 Å². The second-order valence-corrected chi connectivity index (χ2v) is 10.7. The molecule has 3 aromatic carbocycles. The third-order valence-electron chi connectivity index (χ3n) is 7.13. The molecule has 0 saturated carbocycles. The van der Waals surface area contributed by atoms with Crippen LogP contribution in [-0.4, -0.2) is 43.1 Å². The maximum Gasteiger partial charge on any atom is 0.296 e. The van der Waals surface area contributed by atoms with Gasteiger partial charge in [0.15, 0.2) is 28.1 Å². The van der Waals surface area contributed by atoms with Gasteiger partial charge in [0.25, 0.3) is 5.91 Å². The van der Waals surface area contributed by atoms with Crippen LogP contribution in [0.25, 0.3) is 21.2 Å². The molecule has 9 nitrogen and oxygen atoms in total. The van der Waals surface area contributed by atoms with Crippen LogP contribution in [0.4, 0.5) is 5.13 Å². The van der Waals surface area contributed by atoms with Gasteiger partial charge in [-0.05, 0) is 60.9 Å². The molecule has 0 aliphatic carbocycles. The van der Waals surface area contributed by atoms with E-state index < -0.39 is 23.5 Å². The molecule has 0 saturated heterocycles. The van der Waals surface area contributed by atoms with E-state index in [1.807, 2.05) is 38.1 Å². The van der Waals surface area contributed by atoms with Crippen LogP contribution >= 0.6 is 11.3 Å². The Balaban J connectivity index is 1.57. The predicted molar refractivity (Wildman–Crippen MR) is 156 cm³/mol. The summed E-state index contributed by atoms with van der Waals surface area (Å²) >= 11 is 1.30. The Morgan fingerprint density at radius 2 is 1.71 bits per heavy atom. The zero-order chi connectivity index (χ0) is 29.0. The number of aromatic nitrogens is 1. The highest BCUT2D eigenvalue weighted by Gasteiger charge is 2.47. The number of ketones is 1. The van der Waals surface area contributed by atoms with Crippen LogP contribution in [0.2, 0.25) is 0 Å². The van der Waals surface area contributed by atoms with E-state index in [-0.39, 0.29) is 11.3 Å². The summed E-state index contributed by atoms with van der Waals surface area (Å²) < 4.78 is 23.3. The highest BCUT2D eigenvalue weighted by atomic mass is 32.1. The summed E-state index contributed by atoms with van der Waals surface area (Å²) in [5, 5.41) is 12.3. The average molecular weight is 571 g/mol. The number of carbonyl (C=O) groups excluding carboxylic acids is 2. The Labute approximate surface area is 239 Å². The Morgan fingerprint density at radius 3 is 2.37 bits per heavy atom. The predicted octanol–water partition coefficient (Wildman–Crippen LogP) is 6.47. The largest absolute Gasteiger partial charge is 0.503 e. The molecule has 3 heterocycles. The van der Waals surface area contributed by atoms with E-state index in [4.69, 9.17) is 23.6 Å². The van der Waals surface area contributed by atoms with E-state index in [1.165, 1.54) is 37.6 Å². The van der Waals surface area contributed by atoms with Crippen LogP contribution in [0.5, 0.6) is 17.2 Å². The lowest BCUT2D eigenvalue weighted by molar-refractivity contribution is -0.117.